The highest BCUT2D eigenvalue weighted by atomic mass is 35.5. The van der Waals surface area contributed by atoms with E-state index in [9.17, 15) is 14.7 Å². The zero-order valence-electron chi connectivity index (χ0n) is 18.6. The summed E-state index contributed by atoms with van der Waals surface area (Å²) in [5.41, 5.74) is 2.31. The molecule has 1 heterocycles. The SMILES string of the molecule is COc1ccc2c(c1)O[C@@H](c1ccc(C(=O)O)cc1)C[C@H]2NC(=O)C1(c2cccc(Cl)c2)CC1. The molecule has 2 aliphatic rings. The van der Waals surface area contributed by atoms with Crippen LogP contribution >= 0.6 is 11.6 Å². The van der Waals surface area contributed by atoms with Gasteiger partial charge in [0.1, 0.15) is 17.6 Å². The first-order chi connectivity index (χ1) is 16.4. The molecule has 0 bridgehead atoms. The van der Waals surface area contributed by atoms with Crippen LogP contribution in [0.15, 0.2) is 66.7 Å². The molecule has 2 N–H and O–H groups in total. The number of amides is 1. The number of halogens is 1. The van der Waals surface area contributed by atoms with E-state index in [0.717, 1.165) is 29.5 Å². The van der Waals surface area contributed by atoms with E-state index < -0.39 is 11.4 Å². The normalized spacial score (nSPS) is 19.9. The minimum absolute atomic E-state index is 0.0246. The zero-order valence-corrected chi connectivity index (χ0v) is 19.3. The highest BCUT2D eigenvalue weighted by molar-refractivity contribution is 6.30. The van der Waals surface area contributed by atoms with Crippen molar-refractivity contribution in [2.24, 2.45) is 0 Å². The second-order valence-corrected chi connectivity index (χ2v) is 9.23. The highest BCUT2D eigenvalue weighted by Gasteiger charge is 2.52. The van der Waals surface area contributed by atoms with Gasteiger partial charge in [-0.3, -0.25) is 4.79 Å². The molecule has 5 rings (SSSR count). The van der Waals surface area contributed by atoms with E-state index in [2.05, 4.69) is 5.32 Å². The number of carbonyl (C=O) groups is 2. The quantitative estimate of drug-likeness (QED) is 0.492. The van der Waals surface area contributed by atoms with Crippen LogP contribution in [0.25, 0.3) is 0 Å². The van der Waals surface area contributed by atoms with Crippen LogP contribution in [0.4, 0.5) is 0 Å². The Balaban J connectivity index is 1.44. The number of hydrogen-bond donors (Lipinski definition) is 2. The molecule has 6 nitrogen and oxygen atoms in total. The number of benzene rings is 3. The summed E-state index contributed by atoms with van der Waals surface area (Å²) in [6, 6.07) is 19.5. The molecule has 0 spiro atoms. The van der Waals surface area contributed by atoms with Crippen molar-refractivity contribution < 1.29 is 24.2 Å². The van der Waals surface area contributed by atoms with Gasteiger partial charge in [0.15, 0.2) is 0 Å². The molecule has 1 aliphatic heterocycles. The van der Waals surface area contributed by atoms with Crippen molar-refractivity contribution in [3.63, 3.8) is 0 Å². The fraction of sp³-hybridized carbons (Fsp3) is 0.259. The summed E-state index contributed by atoms with van der Waals surface area (Å²) in [4.78, 5) is 24.8. The lowest BCUT2D eigenvalue weighted by Crippen LogP contribution is -2.39. The largest absolute Gasteiger partial charge is 0.497 e. The molecule has 0 radical (unpaired) electrons. The molecule has 174 valence electrons. The smallest absolute Gasteiger partial charge is 0.335 e. The predicted molar refractivity (Wildman–Crippen MR) is 128 cm³/mol. The predicted octanol–water partition coefficient (Wildman–Crippen LogP) is 5.46. The van der Waals surface area contributed by atoms with E-state index in [1.165, 1.54) is 0 Å². The molecular weight excluding hydrogens is 454 g/mol. The summed E-state index contributed by atoms with van der Waals surface area (Å²) < 4.78 is 11.6. The van der Waals surface area contributed by atoms with Gasteiger partial charge in [-0.15, -0.1) is 0 Å². The molecule has 7 heteroatoms. The maximum absolute atomic E-state index is 13.5. The van der Waals surface area contributed by atoms with Crippen LogP contribution in [0, 0.1) is 0 Å². The molecular formula is C27H24ClNO5. The number of carboxylic acids is 1. The summed E-state index contributed by atoms with van der Waals surface area (Å²) in [5.74, 6) is 0.287. The van der Waals surface area contributed by atoms with Crippen LogP contribution in [0.2, 0.25) is 5.02 Å². The third kappa shape index (κ3) is 4.10. The van der Waals surface area contributed by atoms with Crippen molar-refractivity contribution in [3.05, 3.63) is 94.0 Å². The van der Waals surface area contributed by atoms with Gasteiger partial charge in [0.25, 0.3) is 0 Å². The Bertz CT molecular complexity index is 1250. The first-order valence-corrected chi connectivity index (χ1v) is 11.5. The number of carbonyl (C=O) groups excluding carboxylic acids is 1. The maximum atomic E-state index is 13.5. The van der Waals surface area contributed by atoms with Gasteiger partial charge >= 0.3 is 5.97 Å². The Kier molecular flexibility index (Phi) is 5.70. The van der Waals surface area contributed by atoms with E-state index in [1.807, 2.05) is 36.4 Å². The third-order valence-corrected chi connectivity index (χ3v) is 6.95. The van der Waals surface area contributed by atoms with Gasteiger partial charge in [0.2, 0.25) is 5.91 Å². The van der Waals surface area contributed by atoms with Gasteiger partial charge in [-0.25, -0.2) is 4.79 Å². The molecule has 3 aromatic rings. The van der Waals surface area contributed by atoms with Gasteiger partial charge < -0.3 is 19.9 Å². The topological polar surface area (TPSA) is 84.9 Å². The van der Waals surface area contributed by atoms with Crippen molar-refractivity contribution in [3.8, 4) is 11.5 Å². The Hall–Kier alpha value is -3.51. The lowest BCUT2D eigenvalue weighted by molar-refractivity contribution is -0.124. The molecule has 1 amide bonds. The average molecular weight is 478 g/mol. The lowest BCUT2D eigenvalue weighted by Gasteiger charge is -2.34. The summed E-state index contributed by atoms with van der Waals surface area (Å²) in [7, 11) is 1.59. The molecule has 0 aromatic heterocycles. The van der Waals surface area contributed by atoms with E-state index >= 15 is 0 Å². The third-order valence-electron chi connectivity index (χ3n) is 6.71. The molecule has 34 heavy (non-hydrogen) atoms. The van der Waals surface area contributed by atoms with Crippen LogP contribution in [-0.2, 0) is 10.2 Å². The number of aromatic carboxylic acids is 1. The fourth-order valence-electron chi connectivity index (χ4n) is 4.61. The number of hydrogen-bond acceptors (Lipinski definition) is 4. The van der Waals surface area contributed by atoms with Crippen LogP contribution in [0.5, 0.6) is 11.5 Å². The standard InChI is InChI=1S/C27H24ClNO5/c1-33-20-9-10-21-22(29-26(32)27(11-12-27)18-3-2-4-19(28)13-18)15-23(34-24(21)14-20)16-5-7-17(8-6-16)25(30)31/h2-10,13-14,22-23H,11-12,15H2,1H3,(H,29,32)(H,30,31)/t22-,23-/m1/s1. The van der Waals surface area contributed by atoms with Gasteiger partial charge in [0, 0.05) is 23.1 Å². The number of rotatable bonds is 6. The minimum atomic E-state index is -0.980. The van der Waals surface area contributed by atoms with E-state index in [-0.39, 0.29) is 23.6 Å². The second kappa shape index (κ2) is 8.69. The Morgan fingerprint density at radius 2 is 1.85 bits per heavy atom. The summed E-state index contributed by atoms with van der Waals surface area (Å²) in [6.45, 7) is 0. The molecule has 1 aliphatic carbocycles. The first-order valence-electron chi connectivity index (χ1n) is 11.1. The van der Waals surface area contributed by atoms with Crippen LogP contribution < -0.4 is 14.8 Å². The van der Waals surface area contributed by atoms with Gasteiger partial charge in [-0.2, -0.15) is 0 Å². The van der Waals surface area contributed by atoms with Crippen LogP contribution in [0.1, 0.15) is 58.5 Å². The van der Waals surface area contributed by atoms with Crippen LogP contribution in [0.3, 0.4) is 0 Å². The monoisotopic (exact) mass is 477 g/mol. The molecule has 3 aromatic carbocycles. The average Bonchev–Trinajstić information content (AvgIpc) is 3.66. The minimum Gasteiger partial charge on any atom is -0.497 e. The lowest BCUT2D eigenvalue weighted by atomic mass is 9.90. The fourth-order valence-corrected chi connectivity index (χ4v) is 4.80. The first kappa shape index (κ1) is 22.3. The van der Waals surface area contributed by atoms with Gasteiger partial charge in [-0.05, 0) is 60.4 Å². The van der Waals surface area contributed by atoms with Crippen LogP contribution in [-0.4, -0.2) is 24.1 Å². The molecule has 0 unspecified atom stereocenters. The van der Waals surface area contributed by atoms with E-state index in [0.29, 0.717) is 22.9 Å². The molecule has 1 fully saturated rings. The summed E-state index contributed by atoms with van der Waals surface area (Å²) >= 11 is 6.19. The number of methoxy groups -OCH3 is 1. The van der Waals surface area contributed by atoms with Crippen molar-refractivity contribution in [1.82, 2.24) is 5.32 Å². The Morgan fingerprint density at radius 1 is 1.09 bits per heavy atom. The van der Waals surface area contributed by atoms with E-state index in [4.69, 9.17) is 21.1 Å². The Labute approximate surface area is 202 Å². The van der Waals surface area contributed by atoms with E-state index in [1.54, 1.807) is 37.4 Å². The number of carboxylic acid groups (broad SMARTS) is 1. The zero-order chi connectivity index (χ0) is 23.9. The molecule has 2 atom stereocenters. The number of ether oxygens (including phenoxy) is 2. The number of nitrogens with one attached hydrogen (secondary N) is 1. The van der Waals surface area contributed by atoms with Gasteiger partial charge in [0.05, 0.1) is 24.1 Å². The Morgan fingerprint density at radius 3 is 2.50 bits per heavy atom. The molecule has 1 saturated carbocycles. The highest BCUT2D eigenvalue weighted by Crippen LogP contribution is 2.50. The van der Waals surface area contributed by atoms with Crippen molar-refractivity contribution >= 4 is 23.5 Å². The van der Waals surface area contributed by atoms with Crippen molar-refractivity contribution in [2.75, 3.05) is 7.11 Å². The summed E-state index contributed by atoms with van der Waals surface area (Å²) in [6.07, 6.45) is 1.72. The second-order valence-electron chi connectivity index (χ2n) is 8.79. The van der Waals surface area contributed by atoms with Crippen molar-refractivity contribution in [1.29, 1.82) is 0 Å². The van der Waals surface area contributed by atoms with Gasteiger partial charge in [-0.1, -0.05) is 35.9 Å². The number of fused-ring (bicyclic) bond motifs is 1. The molecule has 0 saturated heterocycles. The van der Waals surface area contributed by atoms with Crippen molar-refractivity contribution in [2.45, 2.75) is 36.8 Å². The maximum Gasteiger partial charge on any atom is 0.335 e. The summed E-state index contributed by atoms with van der Waals surface area (Å²) in [5, 5.41) is 13.1.